The van der Waals surface area contributed by atoms with E-state index < -0.39 is 0 Å². The van der Waals surface area contributed by atoms with Crippen LogP contribution >= 0.6 is 11.8 Å². The van der Waals surface area contributed by atoms with Crippen LogP contribution in [0.25, 0.3) is 6.08 Å². The SMILES string of the molecule is CSC1C(F)=Cc2ccccc2N1C. The van der Waals surface area contributed by atoms with Crippen molar-refractivity contribution >= 4 is 23.5 Å². The van der Waals surface area contributed by atoms with Gasteiger partial charge in [0, 0.05) is 18.3 Å². The van der Waals surface area contributed by atoms with Crippen molar-refractivity contribution in [3.8, 4) is 0 Å². The first-order chi connectivity index (χ1) is 6.74. The van der Waals surface area contributed by atoms with Crippen LogP contribution in [0.15, 0.2) is 30.1 Å². The molecule has 0 aliphatic carbocycles. The van der Waals surface area contributed by atoms with Gasteiger partial charge in [0.15, 0.2) is 0 Å². The number of benzene rings is 1. The Labute approximate surface area is 87.6 Å². The van der Waals surface area contributed by atoms with E-state index in [1.54, 1.807) is 6.08 Å². The minimum Gasteiger partial charge on any atom is -0.356 e. The molecule has 0 radical (unpaired) electrons. The van der Waals surface area contributed by atoms with Crippen LogP contribution in [0.1, 0.15) is 5.56 Å². The Bertz CT molecular complexity index is 375. The van der Waals surface area contributed by atoms with E-state index in [0.717, 1.165) is 11.3 Å². The predicted molar refractivity (Wildman–Crippen MR) is 61.2 cm³/mol. The second-order valence-corrected chi connectivity index (χ2v) is 4.20. The molecule has 0 saturated heterocycles. The molecule has 1 aromatic carbocycles. The van der Waals surface area contributed by atoms with Crippen molar-refractivity contribution in [1.82, 2.24) is 0 Å². The third kappa shape index (κ3) is 1.42. The highest BCUT2D eigenvalue weighted by Crippen LogP contribution is 2.35. The standard InChI is InChI=1S/C11H12FNS/c1-13-10-6-4-3-5-8(10)7-9(12)11(13)14-2/h3-7,11H,1-2H3. The fourth-order valence-corrected chi connectivity index (χ4v) is 2.46. The minimum atomic E-state index is -0.176. The summed E-state index contributed by atoms with van der Waals surface area (Å²) in [5, 5.41) is -0.176. The van der Waals surface area contributed by atoms with Gasteiger partial charge in [-0.15, -0.1) is 11.8 Å². The summed E-state index contributed by atoms with van der Waals surface area (Å²) < 4.78 is 13.6. The van der Waals surface area contributed by atoms with Gasteiger partial charge in [-0.3, -0.25) is 0 Å². The third-order valence-corrected chi connectivity index (χ3v) is 3.41. The molecule has 1 heterocycles. The Kier molecular flexibility index (Phi) is 2.50. The summed E-state index contributed by atoms with van der Waals surface area (Å²) in [5.41, 5.74) is 2.05. The number of hydrogen-bond donors (Lipinski definition) is 0. The van der Waals surface area contributed by atoms with Crippen molar-refractivity contribution in [1.29, 1.82) is 0 Å². The van der Waals surface area contributed by atoms with E-state index >= 15 is 0 Å². The lowest BCUT2D eigenvalue weighted by atomic mass is 10.1. The van der Waals surface area contributed by atoms with Crippen LogP contribution in [0, 0.1) is 0 Å². The summed E-state index contributed by atoms with van der Waals surface area (Å²) >= 11 is 1.51. The van der Waals surface area contributed by atoms with Gasteiger partial charge in [-0.2, -0.15) is 0 Å². The molecule has 0 fully saturated rings. The van der Waals surface area contributed by atoms with Crippen LogP contribution < -0.4 is 4.90 Å². The van der Waals surface area contributed by atoms with Gasteiger partial charge in [-0.25, -0.2) is 4.39 Å². The van der Waals surface area contributed by atoms with Gasteiger partial charge in [-0.05, 0) is 18.4 Å². The number of likely N-dealkylation sites (N-methyl/N-ethyl adjacent to an activating group) is 1. The van der Waals surface area contributed by atoms with Gasteiger partial charge in [0.2, 0.25) is 0 Å². The van der Waals surface area contributed by atoms with Crippen LogP contribution in [-0.4, -0.2) is 18.7 Å². The number of halogens is 1. The van der Waals surface area contributed by atoms with Crippen molar-refractivity contribution in [3.63, 3.8) is 0 Å². The zero-order valence-corrected chi connectivity index (χ0v) is 9.01. The van der Waals surface area contributed by atoms with Gasteiger partial charge in [-0.1, -0.05) is 18.2 Å². The molecule has 1 unspecified atom stereocenters. The van der Waals surface area contributed by atoms with E-state index in [4.69, 9.17) is 0 Å². The second kappa shape index (κ2) is 3.65. The van der Waals surface area contributed by atoms with Crippen molar-refractivity contribution in [3.05, 3.63) is 35.7 Å². The Balaban J connectivity index is 2.50. The summed E-state index contributed by atoms with van der Waals surface area (Å²) in [7, 11) is 1.92. The van der Waals surface area contributed by atoms with E-state index in [1.807, 2.05) is 42.5 Å². The first kappa shape index (κ1) is 9.59. The molecule has 0 spiro atoms. The summed E-state index contributed by atoms with van der Waals surface area (Å²) in [6.07, 6.45) is 3.54. The number of nitrogens with zero attached hydrogens (tertiary/aromatic N) is 1. The van der Waals surface area contributed by atoms with E-state index in [-0.39, 0.29) is 11.2 Å². The highest BCUT2D eigenvalue weighted by atomic mass is 32.2. The molecule has 1 aromatic rings. The fraction of sp³-hybridized carbons (Fsp3) is 0.273. The Morgan fingerprint density at radius 1 is 1.36 bits per heavy atom. The molecule has 3 heteroatoms. The van der Waals surface area contributed by atoms with Crippen molar-refractivity contribution in [2.24, 2.45) is 0 Å². The first-order valence-electron chi connectivity index (χ1n) is 4.46. The van der Waals surface area contributed by atoms with Crippen molar-refractivity contribution in [2.75, 3.05) is 18.2 Å². The maximum Gasteiger partial charge on any atom is 0.133 e. The monoisotopic (exact) mass is 209 g/mol. The van der Waals surface area contributed by atoms with Crippen molar-refractivity contribution < 1.29 is 4.39 Å². The molecular weight excluding hydrogens is 197 g/mol. The smallest absolute Gasteiger partial charge is 0.133 e. The van der Waals surface area contributed by atoms with E-state index in [1.165, 1.54) is 11.8 Å². The maximum absolute atomic E-state index is 13.6. The van der Waals surface area contributed by atoms with Gasteiger partial charge >= 0.3 is 0 Å². The lowest BCUT2D eigenvalue weighted by Crippen LogP contribution is -2.31. The van der Waals surface area contributed by atoms with E-state index in [0.29, 0.717) is 0 Å². The topological polar surface area (TPSA) is 3.24 Å². The molecule has 1 nitrogen and oxygen atoms in total. The van der Waals surface area contributed by atoms with Gasteiger partial charge in [0.05, 0.1) is 0 Å². The number of rotatable bonds is 1. The number of fused-ring (bicyclic) bond motifs is 1. The van der Waals surface area contributed by atoms with Crippen LogP contribution in [0.5, 0.6) is 0 Å². The Morgan fingerprint density at radius 3 is 2.79 bits per heavy atom. The molecule has 0 bridgehead atoms. The zero-order valence-electron chi connectivity index (χ0n) is 8.20. The van der Waals surface area contributed by atoms with Crippen LogP contribution in [0.3, 0.4) is 0 Å². The molecule has 2 rings (SSSR count). The van der Waals surface area contributed by atoms with Crippen molar-refractivity contribution in [2.45, 2.75) is 5.37 Å². The molecule has 74 valence electrons. The van der Waals surface area contributed by atoms with Gasteiger partial charge in [0.25, 0.3) is 0 Å². The van der Waals surface area contributed by atoms with Gasteiger partial charge in [0.1, 0.15) is 11.2 Å². The summed E-state index contributed by atoms with van der Waals surface area (Å²) in [6, 6.07) is 7.85. The quantitative estimate of drug-likeness (QED) is 0.699. The lowest BCUT2D eigenvalue weighted by Gasteiger charge is -2.32. The van der Waals surface area contributed by atoms with Gasteiger partial charge < -0.3 is 4.90 Å². The molecular formula is C11H12FNS. The number of hydrogen-bond acceptors (Lipinski definition) is 2. The minimum absolute atomic E-state index is 0.0706. The van der Waals surface area contributed by atoms with Crippen LogP contribution in [0.2, 0.25) is 0 Å². The molecule has 1 atom stereocenters. The molecule has 1 aliphatic rings. The number of para-hydroxylation sites is 1. The molecule has 0 aromatic heterocycles. The highest BCUT2D eigenvalue weighted by molar-refractivity contribution is 7.99. The first-order valence-corrected chi connectivity index (χ1v) is 5.74. The number of anilines is 1. The largest absolute Gasteiger partial charge is 0.356 e. The molecule has 0 amide bonds. The summed E-state index contributed by atoms with van der Waals surface area (Å²) in [6.45, 7) is 0. The number of thioether (sulfide) groups is 1. The normalized spacial score (nSPS) is 20.4. The molecule has 1 aliphatic heterocycles. The molecule has 0 saturated carbocycles. The Morgan fingerprint density at radius 2 is 2.07 bits per heavy atom. The van der Waals surface area contributed by atoms with Crippen LogP contribution in [0.4, 0.5) is 10.1 Å². The summed E-state index contributed by atoms with van der Waals surface area (Å²) in [5.74, 6) is -0.0706. The Hall–Kier alpha value is -0.960. The zero-order chi connectivity index (χ0) is 10.1. The van der Waals surface area contributed by atoms with Crippen LogP contribution in [-0.2, 0) is 0 Å². The molecule has 14 heavy (non-hydrogen) atoms. The van der Waals surface area contributed by atoms with E-state index in [9.17, 15) is 4.39 Å². The van der Waals surface area contributed by atoms with E-state index in [2.05, 4.69) is 0 Å². The highest BCUT2D eigenvalue weighted by Gasteiger charge is 2.24. The average Bonchev–Trinajstić information content (AvgIpc) is 2.18. The summed E-state index contributed by atoms with van der Waals surface area (Å²) in [4.78, 5) is 1.97. The predicted octanol–water partition coefficient (Wildman–Crippen LogP) is 3.14. The fourth-order valence-electron chi connectivity index (χ4n) is 1.73. The second-order valence-electron chi connectivity index (χ2n) is 3.29. The maximum atomic E-state index is 13.6. The third-order valence-electron chi connectivity index (χ3n) is 2.42. The molecule has 0 N–H and O–H groups in total. The average molecular weight is 209 g/mol. The lowest BCUT2D eigenvalue weighted by molar-refractivity contribution is 0.597.